The van der Waals surface area contributed by atoms with Gasteiger partial charge in [0.25, 0.3) is 0 Å². The summed E-state index contributed by atoms with van der Waals surface area (Å²) in [5, 5.41) is 1.14. The first-order chi connectivity index (χ1) is 9.69. The average Bonchev–Trinajstić information content (AvgIpc) is 3.03. The van der Waals surface area contributed by atoms with Crippen LogP contribution in [0.5, 0.6) is 0 Å². The summed E-state index contributed by atoms with van der Waals surface area (Å²) in [5.41, 5.74) is 7.89. The summed E-state index contributed by atoms with van der Waals surface area (Å²) in [5.74, 6) is 0.662. The van der Waals surface area contributed by atoms with E-state index in [0.29, 0.717) is 24.9 Å². The van der Waals surface area contributed by atoms with Crippen LogP contribution in [0.2, 0.25) is 0 Å². The number of nitrogens with zero attached hydrogens (tertiary/aromatic N) is 1. The molecule has 1 saturated heterocycles. The van der Waals surface area contributed by atoms with Gasteiger partial charge in [-0.15, -0.1) is 0 Å². The van der Waals surface area contributed by atoms with E-state index in [9.17, 15) is 4.79 Å². The monoisotopic (exact) mass is 271 g/mol. The molecule has 20 heavy (non-hydrogen) atoms. The van der Waals surface area contributed by atoms with Gasteiger partial charge in [0.15, 0.2) is 0 Å². The molecule has 106 valence electrons. The molecule has 3 N–H and O–H groups in total. The number of hydrogen-bond donors (Lipinski definition) is 2. The van der Waals surface area contributed by atoms with Gasteiger partial charge in [-0.1, -0.05) is 18.2 Å². The van der Waals surface area contributed by atoms with Gasteiger partial charge in [0, 0.05) is 29.7 Å². The van der Waals surface area contributed by atoms with Gasteiger partial charge in [0.2, 0.25) is 5.91 Å². The maximum atomic E-state index is 12.5. The SMILES string of the molecule is CC1CC(CN)CN1C(=O)Cc1c[nH]c2ccccc12. The fourth-order valence-electron chi connectivity index (χ4n) is 3.20. The predicted octanol–water partition coefficient (Wildman–Crippen LogP) is 1.91. The fraction of sp³-hybridized carbons (Fsp3) is 0.438. The van der Waals surface area contributed by atoms with E-state index in [2.05, 4.69) is 18.0 Å². The fourth-order valence-corrected chi connectivity index (χ4v) is 3.20. The second kappa shape index (κ2) is 5.29. The molecule has 2 atom stereocenters. The Labute approximate surface area is 118 Å². The molecule has 2 heterocycles. The summed E-state index contributed by atoms with van der Waals surface area (Å²) in [7, 11) is 0. The Hall–Kier alpha value is -1.81. The van der Waals surface area contributed by atoms with Crippen LogP contribution >= 0.6 is 0 Å². The van der Waals surface area contributed by atoms with Crippen LogP contribution < -0.4 is 5.73 Å². The number of aromatic amines is 1. The summed E-state index contributed by atoms with van der Waals surface area (Å²) < 4.78 is 0. The van der Waals surface area contributed by atoms with E-state index in [4.69, 9.17) is 5.73 Å². The minimum absolute atomic E-state index is 0.207. The van der Waals surface area contributed by atoms with Crippen molar-refractivity contribution in [3.8, 4) is 0 Å². The Morgan fingerprint density at radius 2 is 2.25 bits per heavy atom. The summed E-state index contributed by atoms with van der Waals surface area (Å²) in [6.45, 7) is 3.59. The molecule has 0 saturated carbocycles. The third kappa shape index (κ3) is 2.31. The summed E-state index contributed by atoms with van der Waals surface area (Å²) in [6.07, 6.45) is 3.44. The number of nitrogens with two attached hydrogens (primary N) is 1. The molecule has 1 aromatic heterocycles. The molecule has 4 heteroatoms. The molecule has 0 aliphatic carbocycles. The van der Waals surface area contributed by atoms with Crippen LogP contribution in [-0.4, -0.2) is 34.9 Å². The zero-order valence-corrected chi connectivity index (χ0v) is 11.8. The number of amides is 1. The molecule has 2 aromatic rings. The normalized spacial score (nSPS) is 22.6. The molecule has 1 aliphatic rings. The van der Waals surface area contributed by atoms with Gasteiger partial charge in [-0.25, -0.2) is 0 Å². The van der Waals surface area contributed by atoms with Crippen molar-refractivity contribution < 1.29 is 4.79 Å². The highest BCUT2D eigenvalue weighted by Gasteiger charge is 2.31. The highest BCUT2D eigenvalue weighted by molar-refractivity contribution is 5.89. The quantitative estimate of drug-likeness (QED) is 0.895. The standard InChI is InChI=1S/C16H21N3O/c1-11-6-12(8-17)10-19(11)16(20)7-13-9-18-15-5-3-2-4-14(13)15/h2-5,9,11-12,18H,6-8,10,17H2,1H3. The van der Waals surface area contributed by atoms with Crippen LogP contribution in [-0.2, 0) is 11.2 Å². The molecule has 2 unspecified atom stereocenters. The van der Waals surface area contributed by atoms with Crippen molar-refractivity contribution in [1.29, 1.82) is 0 Å². The average molecular weight is 271 g/mol. The van der Waals surface area contributed by atoms with E-state index in [1.54, 1.807) is 0 Å². The third-order valence-corrected chi connectivity index (χ3v) is 4.33. The van der Waals surface area contributed by atoms with E-state index in [1.807, 2.05) is 29.3 Å². The first kappa shape index (κ1) is 13.2. The Morgan fingerprint density at radius 3 is 3.00 bits per heavy atom. The van der Waals surface area contributed by atoms with E-state index >= 15 is 0 Å². The molecule has 3 rings (SSSR count). The molecule has 1 fully saturated rings. The van der Waals surface area contributed by atoms with E-state index in [-0.39, 0.29) is 5.91 Å². The van der Waals surface area contributed by atoms with Crippen molar-refractivity contribution in [2.45, 2.75) is 25.8 Å². The number of carbonyl (C=O) groups is 1. The van der Waals surface area contributed by atoms with Gasteiger partial charge in [-0.05, 0) is 37.4 Å². The molecule has 1 aromatic carbocycles. The number of rotatable bonds is 3. The van der Waals surface area contributed by atoms with E-state index in [0.717, 1.165) is 29.4 Å². The molecule has 1 aliphatic heterocycles. The summed E-state index contributed by atoms with van der Waals surface area (Å²) in [6, 6.07) is 8.41. The number of fused-ring (bicyclic) bond motifs is 1. The van der Waals surface area contributed by atoms with Crippen molar-refractivity contribution in [1.82, 2.24) is 9.88 Å². The van der Waals surface area contributed by atoms with E-state index in [1.165, 1.54) is 0 Å². The third-order valence-electron chi connectivity index (χ3n) is 4.33. The Bertz CT molecular complexity index is 619. The molecule has 0 spiro atoms. The Morgan fingerprint density at radius 1 is 1.45 bits per heavy atom. The number of para-hydroxylation sites is 1. The van der Waals surface area contributed by atoms with Crippen molar-refractivity contribution in [3.05, 3.63) is 36.0 Å². The maximum Gasteiger partial charge on any atom is 0.227 e. The largest absolute Gasteiger partial charge is 0.361 e. The number of carbonyl (C=O) groups excluding carboxylic acids is 1. The van der Waals surface area contributed by atoms with Crippen LogP contribution in [0.3, 0.4) is 0 Å². The summed E-state index contributed by atoms with van der Waals surface area (Å²) >= 11 is 0. The molecule has 0 radical (unpaired) electrons. The maximum absolute atomic E-state index is 12.5. The minimum atomic E-state index is 0.207. The van der Waals surface area contributed by atoms with Crippen LogP contribution in [0.15, 0.2) is 30.5 Å². The number of benzene rings is 1. The lowest BCUT2D eigenvalue weighted by Crippen LogP contribution is -2.35. The highest BCUT2D eigenvalue weighted by atomic mass is 16.2. The lowest BCUT2D eigenvalue weighted by Gasteiger charge is -2.21. The van der Waals surface area contributed by atoms with Crippen LogP contribution in [0.1, 0.15) is 18.9 Å². The van der Waals surface area contributed by atoms with Crippen molar-refractivity contribution >= 4 is 16.8 Å². The number of likely N-dealkylation sites (tertiary alicyclic amines) is 1. The van der Waals surface area contributed by atoms with E-state index < -0.39 is 0 Å². The van der Waals surface area contributed by atoms with Crippen LogP contribution in [0.4, 0.5) is 0 Å². The molecule has 4 nitrogen and oxygen atoms in total. The van der Waals surface area contributed by atoms with Gasteiger partial charge in [-0.2, -0.15) is 0 Å². The first-order valence-electron chi connectivity index (χ1n) is 7.23. The zero-order chi connectivity index (χ0) is 14.1. The van der Waals surface area contributed by atoms with Crippen LogP contribution in [0, 0.1) is 5.92 Å². The van der Waals surface area contributed by atoms with Crippen LogP contribution in [0.25, 0.3) is 10.9 Å². The van der Waals surface area contributed by atoms with Crippen molar-refractivity contribution in [2.24, 2.45) is 11.7 Å². The minimum Gasteiger partial charge on any atom is -0.361 e. The predicted molar refractivity (Wildman–Crippen MR) is 80.3 cm³/mol. The second-order valence-corrected chi connectivity index (χ2v) is 5.77. The lowest BCUT2D eigenvalue weighted by atomic mass is 10.1. The highest BCUT2D eigenvalue weighted by Crippen LogP contribution is 2.24. The van der Waals surface area contributed by atoms with Gasteiger partial charge < -0.3 is 15.6 Å². The molecular formula is C16H21N3O. The topological polar surface area (TPSA) is 62.1 Å². The first-order valence-corrected chi connectivity index (χ1v) is 7.23. The van der Waals surface area contributed by atoms with Gasteiger partial charge in [0.1, 0.15) is 0 Å². The second-order valence-electron chi connectivity index (χ2n) is 5.77. The molecule has 0 bridgehead atoms. The van der Waals surface area contributed by atoms with Crippen molar-refractivity contribution in [2.75, 3.05) is 13.1 Å². The lowest BCUT2D eigenvalue weighted by molar-refractivity contribution is -0.131. The zero-order valence-electron chi connectivity index (χ0n) is 11.8. The number of nitrogens with one attached hydrogen (secondary N) is 1. The summed E-state index contributed by atoms with van der Waals surface area (Å²) in [4.78, 5) is 17.7. The Balaban J connectivity index is 1.76. The number of hydrogen-bond acceptors (Lipinski definition) is 2. The molecule has 1 amide bonds. The van der Waals surface area contributed by atoms with Gasteiger partial charge >= 0.3 is 0 Å². The Kier molecular flexibility index (Phi) is 3.49. The van der Waals surface area contributed by atoms with Gasteiger partial charge in [0.05, 0.1) is 6.42 Å². The van der Waals surface area contributed by atoms with Gasteiger partial charge in [-0.3, -0.25) is 4.79 Å². The van der Waals surface area contributed by atoms with Crippen molar-refractivity contribution in [3.63, 3.8) is 0 Å². The smallest absolute Gasteiger partial charge is 0.227 e. The number of H-pyrrole nitrogens is 1. The molecular weight excluding hydrogens is 250 g/mol. The number of aromatic nitrogens is 1.